The first-order chi connectivity index (χ1) is 15.7. The SMILES string of the molecule is CC1CCN(C(=O)CCC[C@@H]2[C@H]3CCCN4CCC[C@@H](CN2Cc2cccnc2)[C@@H]34)CC1. The summed E-state index contributed by atoms with van der Waals surface area (Å²) in [4.78, 5) is 25.0. The molecule has 5 heterocycles. The standard InChI is InChI=1S/C27H42N4O/c1-21-11-16-29(17-12-21)26(32)10-2-9-25-24-8-5-15-30-14-4-7-23(27(24)30)20-31(25)19-22-6-3-13-28-18-22/h3,6,13,18,21,23-25,27H,2,4-5,7-12,14-17,19-20H2,1H3/t23-,24+,25+,27-/m0/s1. The fourth-order valence-corrected chi connectivity index (χ4v) is 7.27. The van der Waals surface area contributed by atoms with Gasteiger partial charge in [0.25, 0.3) is 0 Å². The van der Waals surface area contributed by atoms with E-state index in [-0.39, 0.29) is 0 Å². The van der Waals surface area contributed by atoms with Crippen molar-refractivity contribution in [3.63, 3.8) is 0 Å². The molecule has 5 nitrogen and oxygen atoms in total. The minimum Gasteiger partial charge on any atom is -0.343 e. The van der Waals surface area contributed by atoms with Gasteiger partial charge in [-0.25, -0.2) is 0 Å². The average Bonchev–Trinajstić information content (AvgIpc) is 2.82. The normalized spacial score (nSPS) is 32.0. The number of amides is 1. The highest BCUT2D eigenvalue weighted by atomic mass is 16.2. The van der Waals surface area contributed by atoms with Crippen LogP contribution >= 0.6 is 0 Å². The maximum atomic E-state index is 12.9. The van der Waals surface area contributed by atoms with Crippen LogP contribution in [0.2, 0.25) is 0 Å². The van der Waals surface area contributed by atoms with Crippen molar-refractivity contribution in [1.82, 2.24) is 19.7 Å². The minimum atomic E-state index is 0.396. The van der Waals surface area contributed by atoms with E-state index in [9.17, 15) is 4.79 Å². The first kappa shape index (κ1) is 22.3. The Morgan fingerprint density at radius 2 is 1.91 bits per heavy atom. The number of pyridine rings is 1. The minimum absolute atomic E-state index is 0.396. The zero-order valence-electron chi connectivity index (χ0n) is 20.0. The molecule has 0 radical (unpaired) electrons. The van der Waals surface area contributed by atoms with E-state index in [2.05, 4.69) is 38.7 Å². The van der Waals surface area contributed by atoms with Gasteiger partial charge in [0.1, 0.15) is 0 Å². The van der Waals surface area contributed by atoms with Crippen LogP contribution in [0.5, 0.6) is 0 Å². The zero-order valence-corrected chi connectivity index (χ0v) is 20.0. The number of hydrogen-bond donors (Lipinski definition) is 0. The molecule has 4 atom stereocenters. The first-order valence-electron chi connectivity index (χ1n) is 13.3. The van der Waals surface area contributed by atoms with Gasteiger partial charge in [-0.15, -0.1) is 0 Å². The lowest BCUT2D eigenvalue weighted by Gasteiger charge is -2.57. The average molecular weight is 439 g/mol. The molecule has 0 saturated carbocycles. The van der Waals surface area contributed by atoms with E-state index < -0.39 is 0 Å². The topological polar surface area (TPSA) is 39.7 Å². The summed E-state index contributed by atoms with van der Waals surface area (Å²) in [5.74, 6) is 2.76. The van der Waals surface area contributed by atoms with E-state index in [4.69, 9.17) is 0 Å². The maximum absolute atomic E-state index is 12.9. The number of aromatic nitrogens is 1. The number of hydrogen-bond acceptors (Lipinski definition) is 4. The Balaban J connectivity index is 1.26. The molecule has 5 rings (SSSR count). The van der Waals surface area contributed by atoms with Crippen molar-refractivity contribution < 1.29 is 4.79 Å². The second kappa shape index (κ2) is 10.2. The lowest BCUT2D eigenvalue weighted by molar-refractivity contribution is -0.132. The van der Waals surface area contributed by atoms with Crippen LogP contribution in [0.1, 0.15) is 70.3 Å². The van der Waals surface area contributed by atoms with Gasteiger partial charge in [0, 0.05) is 57.1 Å². The molecular weight excluding hydrogens is 396 g/mol. The van der Waals surface area contributed by atoms with Crippen molar-refractivity contribution >= 4 is 5.91 Å². The van der Waals surface area contributed by atoms with Gasteiger partial charge in [-0.1, -0.05) is 13.0 Å². The second-order valence-corrected chi connectivity index (χ2v) is 11.0. The highest BCUT2D eigenvalue weighted by Gasteiger charge is 2.48. The molecule has 4 aliphatic heterocycles. The second-order valence-electron chi connectivity index (χ2n) is 11.0. The fourth-order valence-electron chi connectivity index (χ4n) is 7.27. The molecule has 4 fully saturated rings. The van der Waals surface area contributed by atoms with Crippen LogP contribution in [-0.4, -0.2) is 70.4 Å². The van der Waals surface area contributed by atoms with E-state index in [1.807, 2.05) is 12.4 Å². The number of likely N-dealkylation sites (tertiary alicyclic amines) is 2. The molecule has 32 heavy (non-hydrogen) atoms. The number of carbonyl (C=O) groups is 1. The monoisotopic (exact) mass is 438 g/mol. The van der Waals surface area contributed by atoms with Crippen LogP contribution in [0.25, 0.3) is 0 Å². The Bertz CT molecular complexity index is 745. The van der Waals surface area contributed by atoms with E-state index in [0.29, 0.717) is 11.9 Å². The van der Waals surface area contributed by atoms with Gasteiger partial charge in [-0.05, 0) is 93.8 Å². The van der Waals surface area contributed by atoms with Crippen molar-refractivity contribution in [1.29, 1.82) is 0 Å². The van der Waals surface area contributed by atoms with Crippen LogP contribution in [0, 0.1) is 17.8 Å². The molecule has 1 aromatic heterocycles. The van der Waals surface area contributed by atoms with E-state index in [1.54, 1.807) is 0 Å². The van der Waals surface area contributed by atoms with Crippen molar-refractivity contribution in [2.24, 2.45) is 17.8 Å². The Kier molecular flexibility index (Phi) is 7.13. The lowest BCUT2D eigenvalue weighted by atomic mass is 9.69. The third-order valence-electron chi connectivity index (χ3n) is 8.91. The molecule has 176 valence electrons. The van der Waals surface area contributed by atoms with Crippen LogP contribution < -0.4 is 0 Å². The Morgan fingerprint density at radius 1 is 1.09 bits per heavy atom. The van der Waals surface area contributed by atoms with E-state index >= 15 is 0 Å². The molecule has 4 aliphatic rings. The summed E-state index contributed by atoms with van der Waals surface area (Å²) in [5.41, 5.74) is 1.33. The van der Waals surface area contributed by atoms with Gasteiger partial charge >= 0.3 is 0 Å². The van der Waals surface area contributed by atoms with Crippen LogP contribution in [-0.2, 0) is 11.3 Å². The summed E-state index contributed by atoms with van der Waals surface area (Å²) < 4.78 is 0. The molecule has 0 aliphatic carbocycles. The molecule has 0 N–H and O–H groups in total. The molecular formula is C27H42N4O. The van der Waals surface area contributed by atoms with Crippen molar-refractivity contribution in [3.05, 3.63) is 30.1 Å². The largest absolute Gasteiger partial charge is 0.343 e. The molecule has 5 heteroatoms. The molecule has 1 aromatic rings. The molecule has 4 saturated heterocycles. The Labute approximate surface area is 194 Å². The van der Waals surface area contributed by atoms with Gasteiger partial charge in [0.2, 0.25) is 5.91 Å². The Hall–Kier alpha value is -1.46. The van der Waals surface area contributed by atoms with Crippen LogP contribution in [0.4, 0.5) is 0 Å². The smallest absolute Gasteiger partial charge is 0.222 e. The van der Waals surface area contributed by atoms with Crippen LogP contribution in [0.3, 0.4) is 0 Å². The zero-order chi connectivity index (χ0) is 21.9. The predicted molar refractivity (Wildman–Crippen MR) is 128 cm³/mol. The summed E-state index contributed by atoms with van der Waals surface area (Å²) in [6.07, 6.45) is 14.7. The van der Waals surface area contributed by atoms with Crippen molar-refractivity contribution in [3.8, 4) is 0 Å². The Morgan fingerprint density at radius 3 is 2.69 bits per heavy atom. The first-order valence-corrected chi connectivity index (χ1v) is 13.3. The highest BCUT2D eigenvalue weighted by Crippen LogP contribution is 2.43. The molecule has 0 bridgehead atoms. The third kappa shape index (κ3) is 4.89. The summed E-state index contributed by atoms with van der Waals surface area (Å²) in [5, 5.41) is 0. The van der Waals surface area contributed by atoms with Gasteiger partial charge < -0.3 is 4.90 Å². The van der Waals surface area contributed by atoms with Crippen molar-refractivity contribution in [2.75, 3.05) is 32.7 Å². The van der Waals surface area contributed by atoms with Gasteiger partial charge in [0.05, 0.1) is 0 Å². The molecule has 1 amide bonds. The number of rotatable bonds is 6. The van der Waals surface area contributed by atoms with Gasteiger partial charge in [0.15, 0.2) is 0 Å². The third-order valence-corrected chi connectivity index (χ3v) is 8.91. The van der Waals surface area contributed by atoms with Crippen molar-refractivity contribution in [2.45, 2.75) is 83.3 Å². The number of carbonyl (C=O) groups excluding carboxylic acids is 1. The van der Waals surface area contributed by atoms with E-state index in [1.165, 1.54) is 63.7 Å². The summed E-state index contributed by atoms with van der Waals surface area (Å²) in [6, 6.07) is 5.68. The quantitative estimate of drug-likeness (QED) is 0.668. The highest BCUT2D eigenvalue weighted by molar-refractivity contribution is 5.76. The van der Waals surface area contributed by atoms with Gasteiger partial charge in [-0.2, -0.15) is 0 Å². The number of nitrogens with zero attached hydrogens (tertiary/aromatic N) is 4. The summed E-state index contributed by atoms with van der Waals surface area (Å²) in [6.45, 7) is 9.09. The maximum Gasteiger partial charge on any atom is 0.222 e. The molecule has 0 aromatic carbocycles. The summed E-state index contributed by atoms with van der Waals surface area (Å²) >= 11 is 0. The lowest BCUT2D eigenvalue weighted by Crippen LogP contribution is -2.64. The number of piperidine rings is 4. The molecule has 0 spiro atoms. The van der Waals surface area contributed by atoms with E-state index in [0.717, 1.165) is 62.7 Å². The predicted octanol–water partition coefficient (Wildman–Crippen LogP) is 4.19. The van der Waals surface area contributed by atoms with Crippen LogP contribution in [0.15, 0.2) is 24.5 Å². The van der Waals surface area contributed by atoms with Gasteiger partial charge in [-0.3, -0.25) is 19.6 Å². The fraction of sp³-hybridized carbons (Fsp3) is 0.778. The summed E-state index contributed by atoms with van der Waals surface area (Å²) in [7, 11) is 0. The molecule has 0 unspecified atom stereocenters.